The highest BCUT2D eigenvalue weighted by Crippen LogP contribution is 2.26. The minimum atomic E-state index is -0.192. The predicted molar refractivity (Wildman–Crippen MR) is 103 cm³/mol. The van der Waals surface area contributed by atoms with Gasteiger partial charge in [-0.3, -0.25) is 4.79 Å². The van der Waals surface area contributed by atoms with Gasteiger partial charge in [-0.25, -0.2) is 4.79 Å². The van der Waals surface area contributed by atoms with E-state index in [9.17, 15) is 9.59 Å². The number of benzene rings is 1. The molecule has 1 saturated heterocycles. The van der Waals surface area contributed by atoms with Crippen LogP contribution in [0.15, 0.2) is 24.3 Å². The van der Waals surface area contributed by atoms with Gasteiger partial charge in [0.05, 0.1) is 18.2 Å². The molecule has 1 heterocycles. The van der Waals surface area contributed by atoms with Crippen molar-refractivity contribution >= 4 is 17.6 Å². The van der Waals surface area contributed by atoms with E-state index in [4.69, 9.17) is 4.74 Å². The number of ether oxygens (including phenoxy) is 1. The summed E-state index contributed by atoms with van der Waals surface area (Å²) in [6, 6.07) is 7.52. The number of nitrogens with zero attached hydrogens (tertiary/aromatic N) is 2. The summed E-state index contributed by atoms with van der Waals surface area (Å²) in [6.45, 7) is 9.17. The second kappa shape index (κ2) is 10.0. The lowest BCUT2D eigenvalue weighted by molar-refractivity contribution is -0.121. The van der Waals surface area contributed by atoms with Crippen LogP contribution < -0.4 is 10.1 Å². The fraction of sp³-hybridized carbons (Fsp3) is 0.600. The summed E-state index contributed by atoms with van der Waals surface area (Å²) < 4.78 is 5.71. The van der Waals surface area contributed by atoms with Crippen LogP contribution in [0.4, 0.5) is 10.5 Å². The summed E-state index contributed by atoms with van der Waals surface area (Å²) in [5.74, 6) is 0.451. The average Bonchev–Trinajstić information content (AvgIpc) is 2.68. The number of hydrogen-bond acceptors (Lipinski definition) is 3. The Balaban J connectivity index is 2.00. The third-order valence-electron chi connectivity index (χ3n) is 4.70. The number of hydrogen-bond donors (Lipinski definition) is 1. The Labute approximate surface area is 156 Å². The Morgan fingerprint density at radius 2 is 1.96 bits per heavy atom. The van der Waals surface area contributed by atoms with Crippen LogP contribution in [0, 0.1) is 5.92 Å². The summed E-state index contributed by atoms with van der Waals surface area (Å²) in [4.78, 5) is 28.9. The standard InChI is InChI=1S/C20H31N3O3/c1-4-14-26-18-12-8-7-11-17(18)21-19(24)16-10-9-13-23(15-16)20(25)22(5-2)6-3/h7-8,11-12,16H,4-6,9-10,13-15H2,1-3H3,(H,21,24)/t16-/m1/s1. The monoisotopic (exact) mass is 361 g/mol. The molecule has 144 valence electrons. The number of carbonyl (C=O) groups is 2. The van der Waals surface area contributed by atoms with E-state index in [1.165, 1.54) is 0 Å². The molecule has 2 rings (SSSR count). The average molecular weight is 361 g/mol. The zero-order valence-corrected chi connectivity index (χ0v) is 16.2. The largest absolute Gasteiger partial charge is 0.491 e. The summed E-state index contributed by atoms with van der Waals surface area (Å²) in [7, 11) is 0. The van der Waals surface area contributed by atoms with Crippen LogP contribution in [-0.2, 0) is 4.79 Å². The van der Waals surface area contributed by atoms with E-state index in [-0.39, 0.29) is 17.9 Å². The zero-order valence-electron chi connectivity index (χ0n) is 16.2. The maximum absolute atomic E-state index is 12.8. The molecule has 1 atom stereocenters. The van der Waals surface area contributed by atoms with Crippen molar-refractivity contribution in [1.82, 2.24) is 9.80 Å². The van der Waals surface area contributed by atoms with Crippen molar-refractivity contribution < 1.29 is 14.3 Å². The molecule has 0 bridgehead atoms. The van der Waals surface area contributed by atoms with Gasteiger partial charge in [0.25, 0.3) is 0 Å². The van der Waals surface area contributed by atoms with Crippen molar-refractivity contribution in [3.05, 3.63) is 24.3 Å². The minimum absolute atomic E-state index is 0.0270. The van der Waals surface area contributed by atoms with Crippen molar-refractivity contribution in [1.29, 1.82) is 0 Å². The van der Waals surface area contributed by atoms with E-state index in [0.29, 0.717) is 37.7 Å². The molecule has 0 aliphatic carbocycles. The topological polar surface area (TPSA) is 61.9 Å². The lowest BCUT2D eigenvalue weighted by Crippen LogP contribution is -2.49. The third-order valence-corrected chi connectivity index (χ3v) is 4.70. The van der Waals surface area contributed by atoms with E-state index in [0.717, 1.165) is 25.8 Å². The van der Waals surface area contributed by atoms with E-state index >= 15 is 0 Å². The zero-order chi connectivity index (χ0) is 18.9. The van der Waals surface area contributed by atoms with Gasteiger partial charge in [-0.15, -0.1) is 0 Å². The van der Waals surface area contributed by atoms with Crippen molar-refractivity contribution in [2.24, 2.45) is 5.92 Å². The number of nitrogens with one attached hydrogen (secondary N) is 1. The second-order valence-corrected chi connectivity index (χ2v) is 6.57. The second-order valence-electron chi connectivity index (χ2n) is 6.57. The van der Waals surface area contributed by atoms with Gasteiger partial charge in [0.2, 0.25) is 5.91 Å². The molecular weight excluding hydrogens is 330 g/mol. The van der Waals surface area contributed by atoms with Crippen LogP contribution in [0.3, 0.4) is 0 Å². The third kappa shape index (κ3) is 5.13. The Hall–Kier alpha value is -2.24. The van der Waals surface area contributed by atoms with Gasteiger partial charge in [0, 0.05) is 26.2 Å². The molecule has 1 aromatic rings. The van der Waals surface area contributed by atoms with Crippen LogP contribution in [-0.4, -0.2) is 54.5 Å². The predicted octanol–water partition coefficient (Wildman–Crippen LogP) is 3.59. The van der Waals surface area contributed by atoms with Gasteiger partial charge in [-0.2, -0.15) is 0 Å². The molecule has 3 amide bonds. The Bertz CT molecular complexity index is 602. The molecule has 0 unspecified atom stereocenters. The molecular formula is C20H31N3O3. The lowest BCUT2D eigenvalue weighted by atomic mass is 9.97. The molecule has 6 heteroatoms. The first-order chi connectivity index (χ1) is 12.6. The molecule has 1 aromatic carbocycles. The SMILES string of the molecule is CCCOc1ccccc1NC(=O)[C@@H]1CCCN(C(=O)N(CC)CC)C1. The number of rotatable bonds is 7. The lowest BCUT2D eigenvalue weighted by Gasteiger charge is -2.35. The van der Waals surface area contributed by atoms with E-state index in [1.807, 2.05) is 45.0 Å². The Morgan fingerprint density at radius 1 is 1.23 bits per heavy atom. The maximum Gasteiger partial charge on any atom is 0.320 e. The first kappa shape index (κ1) is 20.1. The Kier molecular flexibility index (Phi) is 7.75. The highest BCUT2D eigenvalue weighted by molar-refractivity contribution is 5.94. The normalized spacial score (nSPS) is 16.9. The molecule has 1 fully saturated rings. The van der Waals surface area contributed by atoms with Crippen molar-refractivity contribution in [2.45, 2.75) is 40.0 Å². The fourth-order valence-electron chi connectivity index (χ4n) is 3.20. The van der Waals surface area contributed by atoms with Crippen molar-refractivity contribution in [2.75, 3.05) is 38.1 Å². The van der Waals surface area contributed by atoms with Crippen LogP contribution in [0.1, 0.15) is 40.0 Å². The summed E-state index contributed by atoms with van der Waals surface area (Å²) >= 11 is 0. The van der Waals surface area contributed by atoms with Crippen molar-refractivity contribution in [3.63, 3.8) is 0 Å². The number of carbonyl (C=O) groups excluding carboxylic acids is 2. The Morgan fingerprint density at radius 3 is 2.65 bits per heavy atom. The molecule has 26 heavy (non-hydrogen) atoms. The minimum Gasteiger partial charge on any atom is -0.491 e. The van der Waals surface area contributed by atoms with Crippen molar-refractivity contribution in [3.8, 4) is 5.75 Å². The molecule has 0 aromatic heterocycles. The van der Waals surface area contributed by atoms with E-state index in [2.05, 4.69) is 5.32 Å². The van der Waals surface area contributed by atoms with Gasteiger partial charge in [-0.1, -0.05) is 19.1 Å². The summed E-state index contributed by atoms with van der Waals surface area (Å²) in [6.07, 6.45) is 2.55. The number of urea groups is 1. The van der Waals surface area contributed by atoms with E-state index in [1.54, 1.807) is 9.80 Å². The van der Waals surface area contributed by atoms with Gasteiger partial charge in [0.1, 0.15) is 5.75 Å². The highest BCUT2D eigenvalue weighted by atomic mass is 16.5. The maximum atomic E-state index is 12.8. The number of para-hydroxylation sites is 2. The van der Waals surface area contributed by atoms with Crippen LogP contribution in [0.2, 0.25) is 0 Å². The quantitative estimate of drug-likeness (QED) is 0.807. The van der Waals surface area contributed by atoms with Gasteiger partial charge >= 0.3 is 6.03 Å². The van der Waals surface area contributed by atoms with Crippen LogP contribution in [0.5, 0.6) is 5.75 Å². The van der Waals surface area contributed by atoms with Crippen LogP contribution in [0.25, 0.3) is 0 Å². The first-order valence-electron chi connectivity index (χ1n) is 9.67. The highest BCUT2D eigenvalue weighted by Gasteiger charge is 2.30. The van der Waals surface area contributed by atoms with Gasteiger partial charge < -0.3 is 19.9 Å². The van der Waals surface area contributed by atoms with Gasteiger partial charge in [0.15, 0.2) is 0 Å². The molecule has 1 aliphatic heterocycles. The fourth-order valence-corrected chi connectivity index (χ4v) is 3.20. The molecule has 0 radical (unpaired) electrons. The number of anilines is 1. The van der Waals surface area contributed by atoms with E-state index < -0.39 is 0 Å². The number of piperidine rings is 1. The molecule has 6 nitrogen and oxygen atoms in total. The molecule has 1 aliphatic rings. The summed E-state index contributed by atoms with van der Waals surface area (Å²) in [5.41, 5.74) is 0.693. The number of likely N-dealkylation sites (tertiary alicyclic amines) is 1. The first-order valence-corrected chi connectivity index (χ1v) is 9.67. The smallest absolute Gasteiger partial charge is 0.320 e. The van der Waals surface area contributed by atoms with Crippen LogP contribution >= 0.6 is 0 Å². The summed E-state index contributed by atoms with van der Waals surface area (Å²) in [5, 5.41) is 2.99. The molecule has 0 spiro atoms. The van der Waals surface area contributed by atoms with Gasteiger partial charge in [-0.05, 0) is 45.2 Å². The molecule has 1 N–H and O–H groups in total. The molecule has 0 saturated carbocycles. The number of amides is 3.